The van der Waals surface area contributed by atoms with Gasteiger partial charge in [-0.05, 0) is 48.5 Å². The Morgan fingerprint density at radius 2 is 1.79 bits per heavy atom. The molecule has 0 aliphatic carbocycles. The van der Waals surface area contributed by atoms with Crippen LogP contribution in [0.15, 0.2) is 83.5 Å². The number of anilines is 2. The highest BCUT2D eigenvalue weighted by molar-refractivity contribution is 6.03. The molecule has 1 amide bonds. The molecule has 0 saturated carbocycles. The smallest absolute Gasteiger partial charge is 0.410 e. The van der Waals surface area contributed by atoms with Gasteiger partial charge in [-0.2, -0.15) is 18.3 Å². The minimum Gasteiger partial charge on any atom is -0.467 e. The molecule has 1 aliphatic heterocycles. The number of halogens is 3. The van der Waals surface area contributed by atoms with E-state index in [4.69, 9.17) is 9.15 Å². The zero-order chi connectivity index (χ0) is 23.7. The Bertz CT molecular complexity index is 1270. The fraction of sp³-hybridized carbons (Fsp3) is 0.167. The molecule has 0 saturated heterocycles. The third kappa shape index (κ3) is 4.47. The summed E-state index contributed by atoms with van der Waals surface area (Å²) in [6.45, 7) is 0. The van der Waals surface area contributed by atoms with Crippen LogP contribution in [0, 0.1) is 0 Å². The van der Waals surface area contributed by atoms with E-state index in [2.05, 4.69) is 15.7 Å². The fourth-order valence-corrected chi connectivity index (χ4v) is 3.79. The monoisotopic (exact) mass is 468 g/mol. The molecule has 0 bridgehead atoms. The van der Waals surface area contributed by atoms with Crippen molar-refractivity contribution in [3.63, 3.8) is 0 Å². The number of carbonyl (C=O) groups excluding carboxylic acids is 1. The van der Waals surface area contributed by atoms with Gasteiger partial charge >= 0.3 is 6.18 Å². The Kier molecular flexibility index (Phi) is 5.48. The summed E-state index contributed by atoms with van der Waals surface area (Å²) in [7, 11) is 0. The van der Waals surface area contributed by atoms with E-state index in [1.165, 1.54) is 12.3 Å². The van der Waals surface area contributed by atoms with Crippen molar-refractivity contribution in [2.24, 2.45) is 0 Å². The molecule has 0 unspecified atom stereocenters. The maximum absolute atomic E-state index is 13.8. The summed E-state index contributed by atoms with van der Waals surface area (Å²) < 4.78 is 53.1. The van der Waals surface area contributed by atoms with Crippen LogP contribution in [0.3, 0.4) is 0 Å². The van der Waals surface area contributed by atoms with Crippen LogP contribution < -0.4 is 15.4 Å². The van der Waals surface area contributed by atoms with E-state index in [-0.39, 0.29) is 17.9 Å². The molecule has 174 valence electrons. The predicted octanol–water partition coefficient (Wildman–Crippen LogP) is 6.18. The fourth-order valence-electron chi connectivity index (χ4n) is 3.79. The number of fused-ring (bicyclic) bond motifs is 1. The lowest BCUT2D eigenvalue weighted by Crippen LogP contribution is -2.35. The average molecular weight is 468 g/mol. The van der Waals surface area contributed by atoms with Gasteiger partial charge in [-0.1, -0.05) is 18.2 Å². The Morgan fingerprint density at radius 1 is 1.06 bits per heavy atom. The molecular weight excluding hydrogens is 449 g/mol. The molecule has 3 heterocycles. The van der Waals surface area contributed by atoms with Gasteiger partial charge in [0, 0.05) is 18.2 Å². The van der Waals surface area contributed by atoms with Crippen molar-refractivity contribution in [2.75, 3.05) is 10.6 Å². The van der Waals surface area contributed by atoms with Crippen LogP contribution in [-0.4, -0.2) is 21.9 Å². The number of carbonyl (C=O) groups is 1. The number of nitrogens with one attached hydrogen (secondary N) is 2. The number of hydrogen-bond acceptors (Lipinski definition) is 5. The quantitative estimate of drug-likeness (QED) is 0.366. The zero-order valence-corrected chi connectivity index (χ0v) is 17.6. The number of rotatable bonds is 5. The number of benzene rings is 2. The second-order valence-electron chi connectivity index (χ2n) is 7.76. The van der Waals surface area contributed by atoms with Gasteiger partial charge in [-0.15, -0.1) is 0 Å². The zero-order valence-electron chi connectivity index (χ0n) is 17.6. The van der Waals surface area contributed by atoms with Crippen molar-refractivity contribution in [2.45, 2.75) is 24.7 Å². The first-order valence-corrected chi connectivity index (χ1v) is 10.5. The molecule has 2 aromatic heterocycles. The molecule has 7 nitrogen and oxygen atoms in total. The highest BCUT2D eigenvalue weighted by Gasteiger charge is 2.47. The first-order valence-electron chi connectivity index (χ1n) is 10.5. The van der Waals surface area contributed by atoms with E-state index in [0.29, 0.717) is 22.9 Å². The van der Waals surface area contributed by atoms with E-state index in [1.54, 1.807) is 36.4 Å². The summed E-state index contributed by atoms with van der Waals surface area (Å²) in [5.41, 5.74) is 0.312. The van der Waals surface area contributed by atoms with Crippen molar-refractivity contribution in [1.29, 1.82) is 0 Å². The van der Waals surface area contributed by atoms with Crippen LogP contribution in [0.5, 0.6) is 11.5 Å². The Morgan fingerprint density at radius 3 is 2.47 bits per heavy atom. The molecule has 1 aliphatic rings. The highest BCUT2D eigenvalue weighted by atomic mass is 19.4. The summed E-state index contributed by atoms with van der Waals surface area (Å²) in [4.78, 5) is 12.7. The molecule has 10 heteroatoms. The van der Waals surface area contributed by atoms with Crippen LogP contribution in [0.4, 0.5) is 24.7 Å². The van der Waals surface area contributed by atoms with Gasteiger partial charge in [0.15, 0.2) is 11.7 Å². The molecule has 0 fully saturated rings. The lowest BCUT2D eigenvalue weighted by atomic mass is 10.0. The number of hydrogen-bond donors (Lipinski definition) is 2. The first kappa shape index (κ1) is 21.6. The molecule has 0 radical (unpaired) electrons. The average Bonchev–Trinajstić information content (AvgIpc) is 3.50. The van der Waals surface area contributed by atoms with Crippen molar-refractivity contribution >= 4 is 17.4 Å². The van der Waals surface area contributed by atoms with Gasteiger partial charge in [0.05, 0.1) is 12.3 Å². The third-order valence-corrected chi connectivity index (χ3v) is 5.40. The van der Waals surface area contributed by atoms with Crippen molar-refractivity contribution in [1.82, 2.24) is 9.78 Å². The minimum atomic E-state index is -4.55. The molecule has 2 N–H and O–H groups in total. The number of nitrogens with zero attached hydrogens (tertiary/aromatic N) is 2. The standard InChI is InChI=1S/C24H19F3N4O3/c25-24(26,27)21-13-18(20-7-4-12-33-20)29-22-14-19(30-31(21)22)23(32)28-15-8-10-17(11-9-15)34-16-5-2-1-3-6-16/h1-12,14,18,21,29H,13H2,(H,28,32)/t18-,21+/m1/s1. The van der Waals surface area contributed by atoms with Crippen LogP contribution >= 0.6 is 0 Å². The molecule has 2 atom stereocenters. The molecule has 34 heavy (non-hydrogen) atoms. The van der Waals surface area contributed by atoms with Gasteiger partial charge in [-0.3, -0.25) is 4.79 Å². The van der Waals surface area contributed by atoms with E-state index in [1.807, 2.05) is 30.3 Å². The van der Waals surface area contributed by atoms with E-state index < -0.39 is 24.2 Å². The lowest BCUT2D eigenvalue weighted by molar-refractivity contribution is -0.174. The number of para-hydroxylation sites is 1. The number of furan rings is 1. The number of alkyl halides is 3. The van der Waals surface area contributed by atoms with Crippen LogP contribution in [-0.2, 0) is 0 Å². The number of amides is 1. The summed E-state index contributed by atoms with van der Waals surface area (Å²) in [5.74, 6) is 1.08. The van der Waals surface area contributed by atoms with Crippen LogP contribution in [0.1, 0.15) is 34.8 Å². The summed E-state index contributed by atoms with van der Waals surface area (Å²) in [5, 5.41) is 9.59. The predicted molar refractivity (Wildman–Crippen MR) is 118 cm³/mol. The van der Waals surface area contributed by atoms with Crippen molar-refractivity contribution in [3.8, 4) is 11.5 Å². The van der Waals surface area contributed by atoms with Crippen LogP contribution in [0.25, 0.3) is 0 Å². The van der Waals surface area contributed by atoms with Crippen LogP contribution in [0.2, 0.25) is 0 Å². The number of ether oxygens (including phenoxy) is 1. The van der Waals surface area contributed by atoms with Gasteiger partial charge in [0.25, 0.3) is 5.91 Å². The van der Waals surface area contributed by atoms with E-state index in [9.17, 15) is 18.0 Å². The molecule has 2 aromatic carbocycles. The Hall–Kier alpha value is -4.21. The topological polar surface area (TPSA) is 81.3 Å². The molecule has 4 aromatic rings. The Balaban J connectivity index is 1.32. The maximum Gasteiger partial charge on any atom is 0.410 e. The first-order chi connectivity index (χ1) is 16.4. The number of aromatic nitrogens is 2. The summed E-state index contributed by atoms with van der Waals surface area (Å²) in [6.07, 6.45) is -3.45. The summed E-state index contributed by atoms with van der Waals surface area (Å²) in [6, 6.07) is 17.8. The molecule has 5 rings (SSSR count). The van der Waals surface area contributed by atoms with Crippen molar-refractivity contribution in [3.05, 3.63) is 90.5 Å². The molecular formula is C24H19F3N4O3. The van der Waals surface area contributed by atoms with Gasteiger partial charge in [0.1, 0.15) is 23.1 Å². The van der Waals surface area contributed by atoms with Gasteiger partial charge < -0.3 is 19.8 Å². The lowest BCUT2D eigenvalue weighted by Gasteiger charge is -2.32. The largest absolute Gasteiger partial charge is 0.467 e. The highest BCUT2D eigenvalue weighted by Crippen LogP contribution is 2.43. The minimum absolute atomic E-state index is 0.0896. The Labute approximate surface area is 192 Å². The maximum atomic E-state index is 13.8. The van der Waals surface area contributed by atoms with Gasteiger partial charge in [-0.25, -0.2) is 4.68 Å². The van der Waals surface area contributed by atoms with E-state index in [0.717, 1.165) is 4.68 Å². The normalized spacial score (nSPS) is 17.5. The third-order valence-electron chi connectivity index (χ3n) is 5.40. The van der Waals surface area contributed by atoms with E-state index >= 15 is 0 Å². The second-order valence-corrected chi connectivity index (χ2v) is 7.76. The molecule has 0 spiro atoms. The second kappa shape index (κ2) is 8.62. The summed E-state index contributed by atoms with van der Waals surface area (Å²) >= 11 is 0. The van der Waals surface area contributed by atoms with Crippen molar-refractivity contribution < 1.29 is 27.1 Å². The SMILES string of the molecule is O=C(Nc1ccc(Oc2ccccc2)cc1)c1cc2n(n1)[C@H](C(F)(F)F)C[C@H](c1ccco1)N2. The van der Waals surface area contributed by atoms with Gasteiger partial charge in [0.2, 0.25) is 0 Å².